The van der Waals surface area contributed by atoms with Crippen molar-refractivity contribution in [3.05, 3.63) is 45.3 Å². The summed E-state index contributed by atoms with van der Waals surface area (Å²) in [4.78, 5) is 17.7. The Kier molecular flexibility index (Phi) is 4.82. The predicted molar refractivity (Wildman–Crippen MR) is 98.0 cm³/mol. The molecule has 2 aliphatic rings. The minimum absolute atomic E-state index is 0.0136. The molecule has 0 amide bonds. The third-order valence-electron chi connectivity index (χ3n) is 5.55. The highest BCUT2D eigenvalue weighted by Crippen LogP contribution is 2.27. The van der Waals surface area contributed by atoms with Crippen LogP contribution in [0.25, 0.3) is 11.0 Å². The second kappa shape index (κ2) is 7.08. The van der Waals surface area contributed by atoms with E-state index < -0.39 is 0 Å². The predicted octanol–water partition coefficient (Wildman–Crippen LogP) is 2.48. The molecule has 2 aromatic rings. The fourth-order valence-corrected chi connectivity index (χ4v) is 4.41. The highest BCUT2D eigenvalue weighted by atomic mass is 35.5. The van der Waals surface area contributed by atoms with Crippen molar-refractivity contribution in [3.8, 4) is 0 Å². The van der Waals surface area contributed by atoms with Gasteiger partial charge in [-0.05, 0) is 44.0 Å². The molecule has 1 aromatic heterocycles. The second-order valence-electron chi connectivity index (χ2n) is 7.12. The van der Waals surface area contributed by atoms with Gasteiger partial charge in [0.05, 0.1) is 11.6 Å². The fraction of sp³-hybridized carbons (Fsp3) is 0.526. The van der Waals surface area contributed by atoms with Crippen LogP contribution < -0.4 is 5.43 Å². The number of halogens is 1. The summed E-state index contributed by atoms with van der Waals surface area (Å²) in [5.74, 6) is 0. The number of hydrogen-bond acceptors (Lipinski definition) is 5. The number of hydrogen-bond donors (Lipinski definition) is 1. The van der Waals surface area contributed by atoms with Crippen molar-refractivity contribution in [3.63, 3.8) is 0 Å². The number of piperazine rings is 1. The molecule has 4 rings (SSSR count). The molecule has 2 fully saturated rings. The summed E-state index contributed by atoms with van der Waals surface area (Å²) in [6, 6.07) is 5.97. The van der Waals surface area contributed by atoms with Crippen LogP contribution in [0.4, 0.5) is 0 Å². The quantitative estimate of drug-likeness (QED) is 0.905. The van der Waals surface area contributed by atoms with Crippen LogP contribution in [-0.2, 0) is 6.54 Å². The first-order chi connectivity index (χ1) is 12.2. The topological polar surface area (TPSA) is 56.9 Å². The SMILES string of the molecule is O=c1c(CN2CC3CCCN3C[C@@H]2CCO)coc2ccc(Cl)cc12. The molecule has 6 heteroatoms. The van der Waals surface area contributed by atoms with Gasteiger partial charge in [0.1, 0.15) is 5.58 Å². The van der Waals surface area contributed by atoms with Gasteiger partial charge in [-0.2, -0.15) is 0 Å². The maximum absolute atomic E-state index is 12.8. The second-order valence-corrected chi connectivity index (χ2v) is 7.55. The first kappa shape index (κ1) is 17.0. The van der Waals surface area contributed by atoms with Crippen molar-refractivity contribution in [2.45, 2.75) is 37.9 Å². The number of rotatable bonds is 4. The van der Waals surface area contributed by atoms with E-state index in [0.717, 1.165) is 26.1 Å². The number of nitrogens with zero attached hydrogens (tertiary/aromatic N) is 2. The van der Waals surface area contributed by atoms with Crippen LogP contribution in [0.5, 0.6) is 0 Å². The Morgan fingerprint density at radius 3 is 3.04 bits per heavy atom. The van der Waals surface area contributed by atoms with Gasteiger partial charge in [0.25, 0.3) is 0 Å². The molecule has 5 nitrogen and oxygen atoms in total. The van der Waals surface area contributed by atoms with Gasteiger partial charge in [0.15, 0.2) is 5.43 Å². The zero-order valence-corrected chi connectivity index (χ0v) is 14.9. The molecule has 3 heterocycles. The highest BCUT2D eigenvalue weighted by Gasteiger charge is 2.36. The van der Waals surface area contributed by atoms with Crippen LogP contribution >= 0.6 is 11.6 Å². The fourth-order valence-electron chi connectivity index (χ4n) is 4.24. The number of benzene rings is 1. The standard InChI is InChI=1S/C19H23ClN2O3/c20-14-3-4-18-17(8-14)19(24)13(12-25-18)9-22-11-15-2-1-6-21(15)10-16(22)5-7-23/h3-4,8,12,15-16,23H,1-2,5-7,9-11H2/t15?,16-/m0/s1. The molecule has 1 N–H and O–H groups in total. The van der Waals surface area contributed by atoms with E-state index in [9.17, 15) is 9.90 Å². The van der Waals surface area contributed by atoms with Gasteiger partial charge < -0.3 is 9.52 Å². The molecule has 0 spiro atoms. The number of fused-ring (bicyclic) bond motifs is 2. The molecule has 2 saturated heterocycles. The van der Waals surface area contributed by atoms with Crippen LogP contribution in [0.3, 0.4) is 0 Å². The third kappa shape index (κ3) is 3.34. The smallest absolute Gasteiger partial charge is 0.197 e. The lowest BCUT2D eigenvalue weighted by atomic mass is 10.0. The Morgan fingerprint density at radius 1 is 1.32 bits per heavy atom. The summed E-state index contributed by atoms with van der Waals surface area (Å²) >= 11 is 6.04. The number of aliphatic hydroxyl groups is 1. The van der Waals surface area contributed by atoms with E-state index in [1.54, 1.807) is 24.5 Å². The van der Waals surface area contributed by atoms with Gasteiger partial charge in [-0.3, -0.25) is 14.6 Å². The van der Waals surface area contributed by atoms with Crippen molar-refractivity contribution in [1.29, 1.82) is 0 Å². The Hall–Kier alpha value is -1.40. The Labute approximate surface area is 151 Å². The Bertz CT molecular complexity index is 822. The van der Waals surface area contributed by atoms with E-state index in [0.29, 0.717) is 34.1 Å². The van der Waals surface area contributed by atoms with Crippen LogP contribution in [0.15, 0.2) is 33.7 Å². The first-order valence-electron chi connectivity index (χ1n) is 8.94. The number of aliphatic hydroxyl groups excluding tert-OH is 1. The van der Waals surface area contributed by atoms with E-state index in [2.05, 4.69) is 9.80 Å². The molecule has 134 valence electrons. The molecule has 0 aliphatic carbocycles. The normalized spacial score (nSPS) is 24.7. The summed E-state index contributed by atoms with van der Waals surface area (Å²) in [6.07, 6.45) is 4.76. The molecule has 0 saturated carbocycles. The minimum Gasteiger partial charge on any atom is -0.464 e. The summed E-state index contributed by atoms with van der Waals surface area (Å²) in [6.45, 7) is 3.78. The minimum atomic E-state index is -0.0136. The average molecular weight is 363 g/mol. The van der Waals surface area contributed by atoms with Gasteiger partial charge in [-0.1, -0.05) is 11.6 Å². The molecular formula is C19H23ClN2O3. The lowest BCUT2D eigenvalue weighted by Gasteiger charge is -2.43. The van der Waals surface area contributed by atoms with Gasteiger partial charge in [0, 0.05) is 48.9 Å². The van der Waals surface area contributed by atoms with Crippen LogP contribution in [0.2, 0.25) is 5.02 Å². The van der Waals surface area contributed by atoms with Crippen molar-refractivity contribution in [2.24, 2.45) is 0 Å². The molecule has 25 heavy (non-hydrogen) atoms. The maximum atomic E-state index is 12.8. The van der Waals surface area contributed by atoms with E-state index in [-0.39, 0.29) is 18.1 Å². The zero-order valence-electron chi connectivity index (χ0n) is 14.2. The Balaban J connectivity index is 1.62. The molecule has 2 aliphatic heterocycles. The molecule has 0 bridgehead atoms. The van der Waals surface area contributed by atoms with Crippen LogP contribution in [0.1, 0.15) is 24.8 Å². The highest BCUT2D eigenvalue weighted by molar-refractivity contribution is 6.31. The van der Waals surface area contributed by atoms with E-state index in [4.69, 9.17) is 16.0 Å². The van der Waals surface area contributed by atoms with Gasteiger partial charge >= 0.3 is 0 Å². The van der Waals surface area contributed by atoms with E-state index in [1.807, 2.05) is 0 Å². The molecule has 1 aromatic carbocycles. The summed E-state index contributed by atoms with van der Waals surface area (Å²) in [5, 5.41) is 10.5. The summed E-state index contributed by atoms with van der Waals surface area (Å²) in [5.41, 5.74) is 1.20. The summed E-state index contributed by atoms with van der Waals surface area (Å²) in [7, 11) is 0. The van der Waals surface area contributed by atoms with Gasteiger partial charge in [-0.25, -0.2) is 0 Å². The largest absolute Gasteiger partial charge is 0.464 e. The molecule has 1 unspecified atom stereocenters. The zero-order chi connectivity index (χ0) is 17.4. The van der Waals surface area contributed by atoms with Crippen LogP contribution in [0, 0.1) is 0 Å². The van der Waals surface area contributed by atoms with Gasteiger partial charge in [-0.15, -0.1) is 0 Å². The van der Waals surface area contributed by atoms with Crippen molar-refractivity contribution in [1.82, 2.24) is 9.80 Å². The van der Waals surface area contributed by atoms with Crippen molar-refractivity contribution >= 4 is 22.6 Å². The lowest BCUT2D eigenvalue weighted by Crippen LogP contribution is -2.56. The van der Waals surface area contributed by atoms with E-state index >= 15 is 0 Å². The van der Waals surface area contributed by atoms with E-state index in [1.165, 1.54) is 12.8 Å². The third-order valence-corrected chi connectivity index (χ3v) is 5.78. The molecule has 2 atom stereocenters. The molecule has 0 radical (unpaired) electrons. The van der Waals surface area contributed by atoms with Gasteiger partial charge in [0.2, 0.25) is 0 Å². The Morgan fingerprint density at radius 2 is 2.20 bits per heavy atom. The molecular weight excluding hydrogens is 340 g/mol. The average Bonchev–Trinajstić information content (AvgIpc) is 3.05. The van der Waals surface area contributed by atoms with Crippen LogP contribution in [-0.4, -0.2) is 53.2 Å². The summed E-state index contributed by atoms with van der Waals surface area (Å²) < 4.78 is 5.66. The lowest BCUT2D eigenvalue weighted by molar-refractivity contribution is 0.0329. The van der Waals surface area contributed by atoms with Crippen molar-refractivity contribution in [2.75, 3.05) is 26.2 Å². The van der Waals surface area contributed by atoms with Crippen molar-refractivity contribution < 1.29 is 9.52 Å². The monoisotopic (exact) mass is 362 g/mol. The first-order valence-corrected chi connectivity index (χ1v) is 9.32. The maximum Gasteiger partial charge on any atom is 0.197 e.